The molecule has 4 heteroatoms. The molecule has 0 amide bonds. The van der Waals surface area contributed by atoms with Crippen LogP contribution in [0.3, 0.4) is 0 Å². The molecule has 2 aromatic carbocycles. The Bertz CT molecular complexity index is 580. The fourth-order valence-corrected chi connectivity index (χ4v) is 3.46. The van der Waals surface area contributed by atoms with Gasteiger partial charge in [-0.15, -0.1) is 0 Å². The molecule has 0 spiro atoms. The first-order valence-corrected chi connectivity index (χ1v) is 7.92. The highest BCUT2D eigenvalue weighted by Gasteiger charge is 2.33. The zero-order valence-corrected chi connectivity index (χ0v) is 14.1. The van der Waals surface area contributed by atoms with Gasteiger partial charge in [0.2, 0.25) is 0 Å². The van der Waals surface area contributed by atoms with E-state index in [9.17, 15) is 10.2 Å². The lowest BCUT2D eigenvalue weighted by Crippen LogP contribution is -2.37. The van der Waals surface area contributed by atoms with E-state index < -0.39 is 5.41 Å². The topological polar surface area (TPSA) is 40.5 Å². The van der Waals surface area contributed by atoms with Gasteiger partial charge >= 0.3 is 0 Å². The van der Waals surface area contributed by atoms with Crippen LogP contribution in [0.25, 0.3) is 0 Å². The van der Waals surface area contributed by atoms with Crippen molar-refractivity contribution >= 4 is 31.9 Å². The molecule has 20 heavy (non-hydrogen) atoms. The van der Waals surface area contributed by atoms with E-state index in [4.69, 9.17) is 0 Å². The summed E-state index contributed by atoms with van der Waals surface area (Å²) < 4.78 is 1.88. The molecule has 0 aromatic heterocycles. The highest BCUT2D eigenvalue weighted by atomic mass is 79.9. The Labute approximate surface area is 135 Å². The van der Waals surface area contributed by atoms with Gasteiger partial charge in [-0.05, 0) is 29.7 Å². The Hall–Kier alpha value is -0.680. The van der Waals surface area contributed by atoms with Crippen molar-refractivity contribution in [3.05, 3.63) is 68.6 Å². The van der Waals surface area contributed by atoms with Crippen LogP contribution in [-0.4, -0.2) is 23.4 Å². The second kappa shape index (κ2) is 6.85. The first-order valence-electron chi connectivity index (χ1n) is 6.33. The summed E-state index contributed by atoms with van der Waals surface area (Å²) in [6.07, 6.45) is 0.560. The van der Waals surface area contributed by atoms with Crippen LogP contribution >= 0.6 is 31.9 Å². The number of aliphatic hydroxyl groups is 2. The summed E-state index contributed by atoms with van der Waals surface area (Å²) >= 11 is 7.04. The summed E-state index contributed by atoms with van der Waals surface area (Å²) in [5.41, 5.74) is 1.27. The van der Waals surface area contributed by atoms with Crippen molar-refractivity contribution in [2.45, 2.75) is 11.8 Å². The van der Waals surface area contributed by atoms with Crippen molar-refractivity contribution in [1.29, 1.82) is 0 Å². The zero-order valence-electron chi connectivity index (χ0n) is 10.9. The Morgan fingerprint density at radius 3 is 1.90 bits per heavy atom. The predicted octanol–water partition coefficient (Wildman–Crippen LogP) is 3.68. The minimum Gasteiger partial charge on any atom is -0.395 e. The summed E-state index contributed by atoms with van der Waals surface area (Å²) in [5, 5.41) is 19.8. The molecule has 2 nitrogen and oxygen atoms in total. The standard InChI is InChI=1S/C16H16Br2O2/c17-14-7-3-1-5-12(14)9-16(10-19,11-20)13-6-2-4-8-15(13)18/h1-8,19-20H,9-11H2. The third-order valence-electron chi connectivity index (χ3n) is 3.54. The number of hydrogen-bond donors (Lipinski definition) is 2. The molecule has 0 heterocycles. The summed E-state index contributed by atoms with van der Waals surface area (Å²) in [6, 6.07) is 15.6. The van der Waals surface area contributed by atoms with Gasteiger partial charge in [0.1, 0.15) is 0 Å². The smallest absolute Gasteiger partial charge is 0.0553 e. The fraction of sp³-hybridized carbons (Fsp3) is 0.250. The van der Waals surface area contributed by atoms with Crippen LogP contribution < -0.4 is 0 Å². The van der Waals surface area contributed by atoms with E-state index in [1.165, 1.54) is 0 Å². The molecule has 0 saturated heterocycles. The largest absolute Gasteiger partial charge is 0.395 e. The van der Waals surface area contributed by atoms with Crippen molar-refractivity contribution in [3.8, 4) is 0 Å². The van der Waals surface area contributed by atoms with Gasteiger partial charge in [-0.3, -0.25) is 0 Å². The average molecular weight is 400 g/mol. The van der Waals surface area contributed by atoms with Crippen LogP contribution in [0.1, 0.15) is 11.1 Å². The quantitative estimate of drug-likeness (QED) is 0.805. The molecule has 0 aliphatic heterocycles. The summed E-state index contributed by atoms with van der Waals surface area (Å²) in [4.78, 5) is 0. The maximum Gasteiger partial charge on any atom is 0.0553 e. The zero-order chi connectivity index (χ0) is 14.6. The van der Waals surface area contributed by atoms with Gasteiger partial charge in [-0.2, -0.15) is 0 Å². The molecule has 0 unspecified atom stereocenters. The highest BCUT2D eigenvalue weighted by Crippen LogP contribution is 2.34. The molecule has 0 aliphatic rings. The van der Waals surface area contributed by atoms with Crippen molar-refractivity contribution in [2.75, 3.05) is 13.2 Å². The molecule has 106 valence electrons. The van der Waals surface area contributed by atoms with Gasteiger partial charge in [-0.25, -0.2) is 0 Å². The van der Waals surface area contributed by atoms with E-state index in [1.54, 1.807) is 0 Å². The maximum absolute atomic E-state index is 9.91. The second-order valence-electron chi connectivity index (χ2n) is 4.84. The van der Waals surface area contributed by atoms with E-state index in [-0.39, 0.29) is 13.2 Å². The normalized spacial score (nSPS) is 11.6. The summed E-state index contributed by atoms with van der Waals surface area (Å²) in [7, 11) is 0. The third-order valence-corrected chi connectivity index (χ3v) is 5.00. The van der Waals surface area contributed by atoms with Crippen LogP contribution in [0.2, 0.25) is 0 Å². The number of hydrogen-bond acceptors (Lipinski definition) is 2. The van der Waals surface area contributed by atoms with Gasteiger partial charge < -0.3 is 10.2 Å². The minimum atomic E-state index is -0.704. The van der Waals surface area contributed by atoms with Gasteiger partial charge in [0, 0.05) is 14.4 Å². The number of rotatable bonds is 5. The second-order valence-corrected chi connectivity index (χ2v) is 6.55. The van der Waals surface area contributed by atoms with E-state index in [2.05, 4.69) is 31.9 Å². The van der Waals surface area contributed by atoms with E-state index in [1.807, 2.05) is 48.5 Å². The van der Waals surface area contributed by atoms with Crippen molar-refractivity contribution < 1.29 is 10.2 Å². The molecular weight excluding hydrogens is 384 g/mol. The molecule has 0 fully saturated rings. The van der Waals surface area contributed by atoms with Crippen LogP contribution in [0.4, 0.5) is 0 Å². The molecule has 2 aromatic rings. The lowest BCUT2D eigenvalue weighted by Gasteiger charge is -2.32. The number of aliphatic hydroxyl groups excluding tert-OH is 2. The van der Waals surface area contributed by atoms with Gasteiger partial charge in [0.25, 0.3) is 0 Å². The predicted molar refractivity (Wildman–Crippen MR) is 87.8 cm³/mol. The van der Waals surface area contributed by atoms with Crippen LogP contribution in [0, 0.1) is 0 Å². The monoisotopic (exact) mass is 398 g/mol. The first-order chi connectivity index (χ1) is 9.63. The van der Waals surface area contributed by atoms with E-state index >= 15 is 0 Å². The molecule has 0 atom stereocenters. The lowest BCUT2D eigenvalue weighted by atomic mass is 9.77. The minimum absolute atomic E-state index is 0.118. The SMILES string of the molecule is OCC(CO)(Cc1ccccc1Br)c1ccccc1Br. The molecule has 2 rings (SSSR count). The molecule has 2 N–H and O–H groups in total. The average Bonchev–Trinajstić information content (AvgIpc) is 2.48. The Kier molecular flexibility index (Phi) is 5.38. The maximum atomic E-state index is 9.91. The Balaban J connectivity index is 2.46. The van der Waals surface area contributed by atoms with Crippen LogP contribution in [-0.2, 0) is 11.8 Å². The van der Waals surface area contributed by atoms with Crippen molar-refractivity contribution in [3.63, 3.8) is 0 Å². The molecule has 0 bridgehead atoms. The molecule has 0 aliphatic carbocycles. The number of halogens is 2. The first kappa shape index (κ1) is 15.7. The summed E-state index contributed by atoms with van der Waals surface area (Å²) in [5.74, 6) is 0. The van der Waals surface area contributed by atoms with E-state index in [0.29, 0.717) is 6.42 Å². The number of benzene rings is 2. The molecule has 0 radical (unpaired) electrons. The third kappa shape index (κ3) is 3.14. The van der Waals surface area contributed by atoms with Gasteiger partial charge in [0.15, 0.2) is 0 Å². The van der Waals surface area contributed by atoms with Gasteiger partial charge in [0.05, 0.1) is 13.2 Å². The summed E-state index contributed by atoms with van der Waals surface area (Å²) in [6.45, 7) is -0.235. The molecule has 0 saturated carbocycles. The van der Waals surface area contributed by atoms with Crippen LogP contribution in [0.15, 0.2) is 57.5 Å². The Morgan fingerprint density at radius 1 is 0.800 bits per heavy atom. The molecular formula is C16H16Br2O2. The Morgan fingerprint density at radius 2 is 1.35 bits per heavy atom. The van der Waals surface area contributed by atoms with E-state index in [0.717, 1.165) is 20.1 Å². The van der Waals surface area contributed by atoms with Crippen molar-refractivity contribution in [2.24, 2.45) is 0 Å². The fourth-order valence-electron chi connectivity index (χ4n) is 2.32. The van der Waals surface area contributed by atoms with Crippen LogP contribution in [0.5, 0.6) is 0 Å². The van der Waals surface area contributed by atoms with Crippen molar-refractivity contribution in [1.82, 2.24) is 0 Å². The lowest BCUT2D eigenvalue weighted by molar-refractivity contribution is 0.115. The van der Waals surface area contributed by atoms with Gasteiger partial charge in [-0.1, -0.05) is 68.3 Å². The highest BCUT2D eigenvalue weighted by molar-refractivity contribution is 9.10.